The summed E-state index contributed by atoms with van der Waals surface area (Å²) in [6.07, 6.45) is 1.53. The van der Waals surface area contributed by atoms with E-state index in [9.17, 15) is 14.4 Å². The number of carbonyl (C=O) groups excluding carboxylic acids is 3. The SMILES string of the molecule is COc1cc(/C=C(\NC(=O)c2ccccc2)C(=O)Nc2ccc(SC(C(=O)Nc3ccc(Oc4ccccc4)cc3)c3ccccc3)cc2)cc(OC)c1OC. The molecule has 0 spiro atoms. The van der Waals surface area contributed by atoms with Crippen molar-refractivity contribution in [2.24, 2.45) is 0 Å². The zero-order valence-corrected chi connectivity index (χ0v) is 31.7. The highest BCUT2D eigenvalue weighted by atomic mass is 32.2. The molecule has 0 fully saturated rings. The Labute approximate surface area is 329 Å². The second kappa shape index (κ2) is 18.9. The van der Waals surface area contributed by atoms with Crippen LogP contribution in [0.4, 0.5) is 11.4 Å². The molecule has 1 atom stereocenters. The molecule has 0 saturated heterocycles. The van der Waals surface area contributed by atoms with Crippen LogP contribution in [0.15, 0.2) is 162 Å². The number of hydrogen-bond donors (Lipinski definition) is 3. The molecule has 1 unspecified atom stereocenters. The maximum atomic E-state index is 13.8. The van der Waals surface area contributed by atoms with E-state index >= 15 is 0 Å². The minimum atomic E-state index is -0.585. The summed E-state index contributed by atoms with van der Waals surface area (Å²) in [4.78, 5) is 41.6. The smallest absolute Gasteiger partial charge is 0.272 e. The number of methoxy groups -OCH3 is 3. The Kier molecular flexibility index (Phi) is 13.0. The van der Waals surface area contributed by atoms with Crippen LogP contribution < -0.4 is 34.9 Å². The van der Waals surface area contributed by atoms with E-state index < -0.39 is 17.1 Å². The first-order valence-corrected chi connectivity index (χ1v) is 18.4. The monoisotopic (exact) mass is 765 g/mol. The van der Waals surface area contributed by atoms with Gasteiger partial charge in [-0.3, -0.25) is 14.4 Å². The molecule has 0 aliphatic carbocycles. The van der Waals surface area contributed by atoms with Gasteiger partial charge in [0.1, 0.15) is 22.4 Å². The zero-order chi connectivity index (χ0) is 39.3. The van der Waals surface area contributed by atoms with Crippen molar-refractivity contribution in [1.29, 1.82) is 0 Å². The molecule has 0 aliphatic rings. The van der Waals surface area contributed by atoms with Gasteiger partial charge in [0.15, 0.2) is 11.5 Å². The molecular formula is C45H39N3O7S. The molecule has 0 aromatic heterocycles. The highest BCUT2D eigenvalue weighted by molar-refractivity contribution is 8.00. The maximum Gasteiger partial charge on any atom is 0.272 e. The average molecular weight is 766 g/mol. The molecule has 56 heavy (non-hydrogen) atoms. The topological polar surface area (TPSA) is 124 Å². The molecule has 6 rings (SSSR count). The standard InChI is InChI=1S/C45H39N3O7S/c1-52-39-28-30(29-40(53-2)41(39)54-3)27-38(48-43(49)32-15-9-5-10-16-32)44(50)46-34-21-25-37(26-22-34)56-42(31-13-7-4-8-14-31)45(51)47-33-19-23-36(24-20-33)55-35-17-11-6-12-18-35/h4-29,42H,1-3H3,(H,46,50)(H,47,51)(H,48,49)/b38-27-. The molecule has 0 saturated carbocycles. The van der Waals surface area contributed by atoms with E-state index in [1.807, 2.05) is 72.8 Å². The van der Waals surface area contributed by atoms with Gasteiger partial charge in [-0.05, 0) is 102 Å². The van der Waals surface area contributed by atoms with Crippen LogP contribution >= 0.6 is 11.8 Å². The van der Waals surface area contributed by atoms with Gasteiger partial charge in [0.2, 0.25) is 11.7 Å². The number of thioether (sulfide) groups is 1. The number of carbonyl (C=O) groups is 3. The lowest BCUT2D eigenvalue weighted by Crippen LogP contribution is -2.30. The van der Waals surface area contributed by atoms with Gasteiger partial charge in [0.05, 0.1) is 21.3 Å². The molecule has 3 N–H and O–H groups in total. The summed E-state index contributed by atoms with van der Waals surface area (Å²) in [6.45, 7) is 0. The Hall–Kier alpha value is -6.98. The van der Waals surface area contributed by atoms with Crippen molar-refractivity contribution >= 4 is 46.9 Å². The zero-order valence-electron chi connectivity index (χ0n) is 30.9. The quantitative estimate of drug-likeness (QED) is 0.0698. The molecule has 0 bridgehead atoms. The highest BCUT2D eigenvalue weighted by Crippen LogP contribution is 2.39. The molecule has 282 valence electrons. The summed E-state index contributed by atoms with van der Waals surface area (Å²) in [6, 6.07) is 45.2. The van der Waals surface area contributed by atoms with Crippen LogP contribution in [0.1, 0.15) is 26.7 Å². The number of benzene rings is 6. The lowest BCUT2D eigenvalue weighted by Gasteiger charge is -2.18. The van der Waals surface area contributed by atoms with Gasteiger partial charge in [-0.25, -0.2) is 0 Å². The summed E-state index contributed by atoms with van der Waals surface area (Å²) in [7, 11) is 4.49. The highest BCUT2D eigenvalue weighted by Gasteiger charge is 2.23. The van der Waals surface area contributed by atoms with Crippen molar-refractivity contribution < 1.29 is 33.3 Å². The van der Waals surface area contributed by atoms with Crippen molar-refractivity contribution in [3.05, 3.63) is 174 Å². The molecule has 0 aliphatic heterocycles. The van der Waals surface area contributed by atoms with E-state index in [1.165, 1.54) is 39.2 Å². The Morgan fingerprint density at radius 1 is 0.607 bits per heavy atom. The Morgan fingerprint density at radius 2 is 1.14 bits per heavy atom. The van der Waals surface area contributed by atoms with Crippen LogP contribution in [0.2, 0.25) is 0 Å². The van der Waals surface area contributed by atoms with Crippen molar-refractivity contribution in [2.75, 3.05) is 32.0 Å². The second-order valence-electron chi connectivity index (χ2n) is 12.2. The molecule has 11 heteroatoms. The van der Waals surface area contributed by atoms with E-state index in [-0.39, 0.29) is 11.6 Å². The summed E-state index contributed by atoms with van der Waals surface area (Å²) in [5, 5.41) is 8.08. The van der Waals surface area contributed by atoms with Crippen LogP contribution in [-0.2, 0) is 9.59 Å². The fourth-order valence-corrected chi connectivity index (χ4v) is 6.61. The molecule has 6 aromatic carbocycles. The van der Waals surface area contributed by atoms with E-state index in [1.54, 1.807) is 78.9 Å². The summed E-state index contributed by atoms with van der Waals surface area (Å²) in [5.41, 5.74) is 2.81. The van der Waals surface area contributed by atoms with Crippen LogP contribution in [-0.4, -0.2) is 39.1 Å². The Morgan fingerprint density at radius 3 is 1.73 bits per heavy atom. The minimum Gasteiger partial charge on any atom is -0.493 e. The van der Waals surface area contributed by atoms with Crippen LogP contribution in [0.5, 0.6) is 28.7 Å². The number of nitrogens with one attached hydrogen (secondary N) is 3. The van der Waals surface area contributed by atoms with E-state index in [2.05, 4.69) is 16.0 Å². The summed E-state index contributed by atoms with van der Waals surface area (Å²) in [5.74, 6) is 1.29. The number of para-hydroxylation sites is 1. The molecule has 0 heterocycles. The van der Waals surface area contributed by atoms with Gasteiger partial charge < -0.3 is 34.9 Å². The van der Waals surface area contributed by atoms with Gasteiger partial charge in [-0.1, -0.05) is 66.7 Å². The first kappa shape index (κ1) is 38.7. The fourth-order valence-electron chi connectivity index (χ4n) is 5.58. The van der Waals surface area contributed by atoms with Gasteiger partial charge >= 0.3 is 0 Å². The number of rotatable bonds is 15. The first-order chi connectivity index (χ1) is 27.3. The summed E-state index contributed by atoms with van der Waals surface area (Å²) < 4.78 is 22.3. The van der Waals surface area contributed by atoms with E-state index in [4.69, 9.17) is 18.9 Å². The van der Waals surface area contributed by atoms with Gasteiger partial charge in [-0.15, -0.1) is 11.8 Å². The average Bonchev–Trinajstić information content (AvgIpc) is 3.24. The third kappa shape index (κ3) is 10.2. The van der Waals surface area contributed by atoms with Gasteiger partial charge in [0.25, 0.3) is 11.8 Å². The molecular weight excluding hydrogens is 727 g/mol. The van der Waals surface area contributed by atoms with Crippen LogP contribution in [0.25, 0.3) is 6.08 Å². The number of ether oxygens (including phenoxy) is 4. The predicted molar refractivity (Wildman–Crippen MR) is 220 cm³/mol. The Balaban J connectivity index is 1.19. The molecule has 3 amide bonds. The normalized spacial score (nSPS) is 11.4. The largest absolute Gasteiger partial charge is 0.493 e. The maximum absolute atomic E-state index is 13.8. The van der Waals surface area contributed by atoms with Crippen molar-refractivity contribution in [3.63, 3.8) is 0 Å². The molecule has 6 aromatic rings. The van der Waals surface area contributed by atoms with E-state index in [0.717, 1.165) is 16.2 Å². The third-order valence-electron chi connectivity index (χ3n) is 8.33. The molecule has 0 radical (unpaired) electrons. The lowest BCUT2D eigenvalue weighted by molar-refractivity contribution is -0.116. The lowest BCUT2D eigenvalue weighted by atomic mass is 10.1. The van der Waals surface area contributed by atoms with Gasteiger partial charge in [0, 0.05) is 21.8 Å². The van der Waals surface area contributed by atoms with E-state index in [0.29, 0.717) is 45.5 Å². The summed E-state index contributed by atoms with van der Waals surface area (Å²) >= 11 is 1.37. The number of hydrogen-bond acceptors (Lipinski definition) is 8. The predicted octanol–water partition coefficient (Wildman–Crippen LogP) is 9.39. The second-order valence-corrected chi connectivity index (χ2v) is 13.3. The van der Waals surface area contributed by atoms with Crippen molar-refractivity contribution in [1.82, 2.24) is 5.32 Å². The molecule has 10 nitrogen and oxygen atoms in total. The Bertz CT molecular complexity index is 2260. The number of anilines is 2. The third-order valence-corrected chi connectivity index (χ3v) is 9.60. The fraction of sp³-hybridized carbons (Fsp3) is 0.0889. The number of amides is 3. The van der Waals surface area contributed by atoms with Crippen molar-refractivity contribution in [3.8, 4) is 28.7 Å². The van der Waals surface area contributed by atoms with Crippen molar-refractivity contribution in [2.45, 2.75) is 10.1 Å². The minimum absolute atomic E-state index is 0.0212. The van der Waals surface area contributed by atoms with Gasteiger partial charge in [-0.2, -0.15) is 0 Å². The van der Waals surface area contributed by atoms with Crippen LogP contribution in [0.3, 0.4) is 0 Å². The first-order valence-electron chi connectivity index (χ1n) is 17.5. The van der Waals surface area contributed by atoms with Crippen LogP contribution in [0, 0.1) is 0 Å².